The maximum Gasteiger partial charge on any atom is 0.241 e. The van der Waals surface area contributed by atoms with Crippen molar-refractivity contribution in [1.82, 2.24) is 0 Å². The van der Waals surface area contributed by atoms with Crippen molar-refractivity contribution in [3.05, 3.63) is 23.5 Å². The van der Waals surface area contributed by atoms with Crippen molar-refractivity contribution < 1.29 is 8.85 Å². The van der Waals surface area contributed by atoms with Crippen LogP contribution in [-0.2, 0) is 8.85 Å². The van der Waals surface area contributed by atoms with Crippen LogP contribution < -0.4 is 0 Å². The second kappa shape index (κ2) is 7.08. The molecule has 2 saturated carbocycles. The molecule has 0 saturated heterocycles. The minimum atomic E-state index is -1.56. The van der Waals surface area contributed by atoms with Gasteiger partial charge in [-0.05, 0) is 125 Å². The molecule has 4 aliphatic rings. The molecular weight excluding hydrogens is 400 g/mol. The SMILES string of the molecule is CC12CCC(O[Si](C)(C)C)=CC1=CCC1C2CCC2(C)C1CC[C@]2(C)O[Si](C)(C)C. The van der Waals surface area contributed by atoms with E-state index in [0.29, 0.717) is 10.8 Å². The largest absolute Gasteiger partial charge is 0.547 e. The lowest BCUT2D eigenvalue weighted by Crippen LogP contribution is -2.56. The Labute approximate surface area is 188 Å². The summed E-state index contributed by atoms with van der Waals surface area (Å²) in [6, 6.07) is 0. The van der Waals surface area contributed by atoms with E-state index in [1.54, 1.807) is 5.57 Å². The molecular formula is C26H46O2Si2. The summed E-state index contributed by atoms with van der Waals surface area (Å²) in [4.78, 5) is 0. The highest BCUT2D eigenvalue weighted by atomic mass is 28.4. The van der Waals surface area contributed by atoms with E-state index in [1.807, 2.05) is 0 Å². The molecule has 4 heteroatoms. The Morgan fingerprint density at radius 3 is 2.17 bits per heavy atom. The topological polar surface area (TPSA) is 18.5 Å². The van der Waals surface area contributed by atoms with Crippen molar-refractivity contribution in [2.45, 2.75) is 111 Å². The van der Waals surface area contributed by atoms with Crippen molar-refractivity contribution in [2.75, 3.05) is 0 Å². The van der Waals surface area contributed by atoms with Crippen molar-refractivity contribution in [2.24, 2.45) is 28.6 Å². The van der Waals surface area contributed by atoms with Gasteiger partial charge in [0.25, 0.3) is 0 Å². The summed E-state index contributed by atoms with van der Waals surface area (Å²) in [6.45, 7) is 21.6. The third-order valence-electron chi connectivity index (χ3n) is 9.23. The van der Waals surface area contributed by atoms with E-state index in [-0.39, 0.29) is 5.60 Å². The average Bonchev–Trinajstić information content (AvgIpc) is 2.83. The zero-order valence-electron chi connectivity index (χ0n) is 21.2. The summed E-state index contributed by atoms with van der Waals surface area (Å²) < 4.78 is 13.3. The van der Waals surface area contributed by atoms with Crippen LogP contribution in [0.4, 0.5) is 0 Å². The molecule has 170 valence electrons. The Balaban J connectivity index is 1.61. The number of rotatable bonds is 4. The first kappa shape index (κ1) is 22.9. The van der Waals surface area contributed by atoms with Gasteiger partial charge in [0, 0.05) is 6.42 Å². The van der Waals surface area contributed by atoms with Crippen LogP contribution in [0.25, 0.3) is 0 Å². The van der Waals surface area contributed by atoms with Crippen LogP contribution in [-0.4, -0.2) is 22.2 Å². The molecule has 2 fully saturated rings. The molecule has 6 atom stereocenters. The highest BCUT2D eigenvalue weighted by molar-refractivity contribution is 6.70. The normalized spacial score (nSPS) is 43.8. The monoisotopic (exact) mass is 446 g/mol. The van der Waals surface area contributed by atoms with E-state index < -0.39 is 16.6 Å². The van der Waals surface area contributed by atoms with E-state index in [2.05, 4.69) is 72.2 Å². The minimum absolute atomic E-state index is 0.0722. The molecule has 4 rings (SSSR count). The molecule has 2 nitrogen and oxygen atoms in total. The van der Waals surface area contributed by atoms with Gasteiger partial charge in [-0.15, -0.1) is 0 Å². The van der Waals surface area contributed by atoms with E-state index in [1.165, 1.54) is 44.3 Å². The molecule has 0 aromatic rings. The highest BCUT2D eigenvalue weighted by Crippen LogP contribution is 2.67. The Morgan fingerprint density at radius 1 is 0.867 bits per heavy atom. The molecule has 30 heavy (non-hydrogen) atoms. The fourth-order valence-corrected chi connectivity index (χ4v) is 10.5. The summed E-state index contributed by atoms with van der Waals surface area (Å²) in [5.41, 5.74) is 2.34. The molecule has 0 aliphatic heterocycles. The van der Waals surface area contributed by atoms with Crippen molar-refractivity contribution in [3.8, 4) is 0 Å². The molecule has 0 bridgehead atoms. The van der Waals surface area contributed by atoms with Gasteiger partial charge in [0.15, 0.2) is 8.32 Å². The third kappa shape index (κ3) is 3.73. The standard InChI is InChI=1S/C26H46O2Si2/c1-24-15-12-20(27-29(4,5)6)18-19(24)10-11-21-22(24)13-16-25(2)23(21)14-17-26(25,3)28-30(7,8)9/h10,18,21-23H,11-17H2,1-9H3/t21?,22?,23?,24?,25?,26-/m0/s1. The van der Waals surface area contributed by atoms with E-state index >= 15 is 0 Å². The quantitative estimate of drug-likeness (QED) is 0.408. The van der Waals surface area contributed by atoms with Crippen LogP contribution in [0.3, 0.4) is 0 Å². The maximum atomic E-state index is 6.93. The molecule has 5 unspecified atom stereocenters. The average molecular weight is 447 g/mol. The van der Waals surface area contributed by atoms with Crippen LogP contribution >= 0.6 is 0 Å². The lowest BCUT2D eigenvalue weighted by Gasteiger charge is -2.59. The zero-order valence-corrected chi connectivity index (χ0v) is 23.2. The lowest BCUT2D eigenvalue weighted by molar-refractivity contribution is -0.102. The first-order chi connectivity index (χ1) is 13.7. The molecule has 4 aliphatic carbocycles. The van der Waals surface area contributed by atoms with Crippen LogP contribution in [0.1, 0.15) is 65.7 Å². The van der Waals surface area contributed by atoms with Gasteiger partial charge < -0.3 is 8.85 Å². The molecule has 0 N–H and O–H groups in total. The molecule has 0 aromatic carbocycles. The van der Waals surface area contributed by atoms with Crippen LogP contribution in [0.15, 0.2) is 23.5 Å². The van der Waals surface area contributed by atoms with Gasteiger partial charge in [-0.25, -0.2) is 0 Å². The van der Waals surface area contributed by atoms with Crippen LogP contribution in [0.2, 0.25) is 39.3 Å². The summed E-state index contributed by atoms with van der Waals surface area (Å²) in [5, 5.41) is 0. The third-order valence-corrected chi connectivity index (χ3v) is 11.2. The molecule has 0 aromatic heterocycles. The lowest BCUT2D eigenvalue weighted by atomic mass is 9.47. The Morgan fingerprint density at radius 2 is 1.53 bits per heavy atom. The summed E-state index contributed by atoms with van der Waals surface area (Å²) in [7, 11) is -3.09. The van der Waals surface area contributed by atoms with Gasteiger partial charge in [0.05, 0.1) is 11.4 Å². The predicted molar refractivity (Wildman–Crippen MR) is 132 cm³/mol. The zero-order chi connectivity index (χ0) is 22.2. The van der Waals surface area contributed by atoms with Gasteiger partial charge in [0.2, 0.25) is 8.32 Å². The van der Waals surface area contributed by atoms with Gasteiger partial charge in [-0.2, -0.15) is 0 Å². The number of allylic oxidation sites excluding steroid dienone is 4. The predicted octanol–water partition coefficient (Wildman–Crippen LogP) is 7.90. The van der Waals surface area contributed by atoms with Gasteiger partial charge in [-0.1, -0.05) is 19.9 Å². The molecule has 0 spiro atoms. The summed E-state index contributed by atoms with van der Waals surface area (Å²) >= 11 is 0. The van der Waals surface area contributed by atoms with E-state index in [9.17, 15) is 0 Å². The van der Waals surface area contributed by atoms with Crippen molar-refractivity contribution in [1.29, 1.82) is 0 Å². The van der Waals surface area contributed by atoms with Crippen molar-refractivity contribution in [3.63, 3.8) is 0 Å². The van der Waals surface area contributed by atoms with E-state index in [4.69, 9.17) is 8.85 Å². The Kier molecular flexibility index (Phi) is 5.40. The minimum Gasteiger partial charge on any atom is -0.547 e. The molecule has 0 amide bonds. The van der Waals surface area contributed by atoms with Gasteiger partial charge >= 0.3 is 0 Å². The molecule has 0 heterocycles. The second-order valence-electron chi connectivity index (χ2n) is 13.5. The second-order valence-corrected chi connectivity index (χ2v) is 22.3. The van der Waals surface area contributed by atoms with Crippen molar-refractivity contribution >= 4 is 16.6 Å². The summed E-state index contributed by atoms with van der Waals surface area (Å²) in [6.07, 6.45) is 14.0. The van der Waals surface area contributed by atoms with Gasteiger partial charge in [-0.3, -0.25) is 0 Å². The van der Waals surface area contributed by atoms with Gasteiger partial charge in [0.1, 0.15) is 0 Å². The fraction of sp³-hybridized carbons (Fsp3) is 0.846. The highest BCUT2D eigenvalue weighted by Gasteiger charge is 2.63. The smallest absolute Gasteiger partial charge is 0.241 e. The van der Waals surface area contributed by atoms with Crippen LogP contribution in [0.5, 0.6) is 0 Å². The van der Waals surface area contributed by atoms with E-state index in [0.717, 1.165) is 24.2 Å². The molecule has 0 radical (unpaired) electrons. The Bertz CT molecular complexity index is 758. The fourth-order valence-electron chi connectivity index (χ4n) is 7.84. The van der Waals surface area contributed by atoms with Crippen LogP contribution in [0, 0.1) is 28.6 Å². The Hall–Kier alpha value is -0.326. The maximum absolute atomic E-state index is 6.93. The number of hydrogen-bond acceptors (Lipinski definition) is 2. The summed E-state index contributed by atoms with van der Waals surface area (Å²) in [5.74, 6) is 3.73. The first-order valence-corrected chi connectivity index (χ1v) is 19.3. The number of fused-ring (bicyclic) bond motifs is 5. The number of hydrogen-bond donors (Lipinski definition) is 0. The first-order valence-electron chi connectivity index (χ1n) is 12.5.